The van der Waals surface area contributed by atoms with Crippen molar-refractivity contribution in [3.05, 3.63) is 4.91 Å². The number of carboxylic acids is 1. The molecule has 0 aromatic rings. The van der Waals surface area contributed by atoms with Gasteiger partial charge in [-0.3, -0.25) is 19.4 Å². The Morgan fingerprint density at radius 3 is 1.54 bits per heavy atom. The molecular weight excluding hydrogens is 614 g/mol. The third-order valence-electron chi connectivity index (χ3n) is 6.59. The van der Waals surface area contributed by atoms with Crippen LogP contribution in [0.3, 0.4) is 0 Å². The molecule has 0 saturated carbocycles. The second kappa shape index (κ2) is 56.9. The predicted molar refractivity (Wildman–Crippen MR) is 203 cm³/mol. The molecule has 0 fully saturated rings. The summed E-state index contributed by atoms with van der Waals surface area (Å²) in [5.41, 5.74) is 0. The maximum absolute atomic E-state index is 11.3. The van der Waals surface area contributed by atoms with E-state index in [2.05, 4.69) is 49.6 Å². The quantitative estimate of drug-likeness (QED) is 0.0645. The van der Waals surface area contributed by atoms with E-state index in [1.54, 1.807) is 13.8 Å². The maximum atomic E-state index is 11.3. The first-order valence-electron chi connectivity index (χ1n) is 18.1. The molecular formula is C37H79N3O8. The molecule has 2 atom stereocenters. The molecule has 0 saturated heterocycles. The van der Waals surface area contributed by atoms with Crippen LogP contribution in [0.15, 0.2) is 5.18 Å². The summed E-state index contributed by atoms with van der Waals surface area (Å²) < 4.78 is 0. The first-order valence-corrected chi connectivity index (χ1v) is 18.1. The fraction of sp³-hybridized carbons (Fsp3) is 0.865. The Kier molecular flexibility index (Phi) is 72.2. The first kappa shape index (κ1) is 60.9. The molecule has 11 heteroatoms. The number of nitroso groups, excluding NO2 is 1. The van der Waals surface area contributed by atoms with Gasteiger partial charge in [-0.2, -0.15) is 4.91 Å². The van der Waals surface area contributed by atoms with Crippen LogP contribution in [-0.2, 0) is 24.0 Å². The number of aliphatic carboxylic acids is 1. The minimum Gasteiger partial charge on any atom is -0.481 e. The summed E-state index contributed by atoms with van der Waals surface area (Å²) in [4.78, 5) is 65.4. The first-order chi connectivity index (χ1) is 22.9. The highest BCUT2D eigenvalue weighted by atomic mass is 16.4. The number of hydrogen-bond donors (Lipinski definition) is 2. The van der Waals surface area contributed by atoms with Crippen molar-refractivity contribution in [3.8, 4) is 0 Å². The molecule has 0 spiro atoms. The van der Waals surface area contributed by atoms with Gasteiger partial charge in [0.1, 0.15) is 24.1 Å². The Balaban J connectivity index is -0.000000102. The SMILES string of the molecule is CC.CCC(=O)CC.CCC(=O)O.CCCCC[C@H](C)CC.CCCN(CC=O)CCN(CCC)C(C=O)CCC(C)=O.CN=O.CO. The van der Waals surface area contributed by atoms with Crippen LogP contribution in [0.2, 0.25) is 0 Å². The molecule has 0 aliphatic carbocycles. The van der Waals surface area contributed by atoms with Gasteiger partial charge in [-0.1, -0.05) is 107 Å². The van der Waals surface area contributed by atoms with Crippen molar-refractivity contribution in [3.63, 3.8) is 0 Å². The third-order valence-corrected chi connectivity index (χ3v) is 6.59. The molecule has 11 nitrogen and oxygen atoms in total. The second-order valence-corrected chi connectivity index (χ2v) is 10.6. The van der Waals surface area contributed by atoms with Crippen LogP contribution in [0.4, 0.5) is 0 Å². The molecule has 0 aliphatic rings. The van der Waals surface area contributed by atoms with E-state index >= 15 is 0 Å². The second-order valence-electron chi connectivity index (χ2n) is 10.6. The zero-order chi connectivity index (χ0) is 39.2. The fourth-order valence-electron chi connectivity index (χ4n) is 3.60. The Morgan fingerprint density at radius 2 is 1.25 bits per heavy atom. The largest absolute Gasteiger partial charge is 0.481 e. The fourth-order valence-corrected chi connectivity index (χ4v) is 3.60. The Labute approximate surface area is 296 Å². The van der Waals surface area contributed by atoms with E-state index in [9.17, 15) is 24.0 Å². The topological polar surface area (TPSA) is 162 Å². The average Bonchev–Trinajstić information content (AvgIpc) is 3.09. The summed E-state index contributed by atoms with van der Waals surface area (Å²) >= 11 is 0. The minimum atomic E-state index is -0.745. The van der Waals surface area contributed by atoms with E-state index in [-0.39, 0.29) is 18.2 Å². The number of nitrogens with zero attached hydrogens (tertiary/aromatic N) is 3. The van der Waals surface area contributed by atoms with Crippen LogP contribution in [0.1, 0.15) is 153 Å². The number of aldehydes is 2. The highest BCUT2D eigenvalue weighted by Gasteiger charge is 2.18. The number of ketones is 2. The predicted octanol–water partition coefficient (Wildman–Crippen LogP) is 8.03. The standard InChI is InChI=1S/C16H30N2O3.C9H20.C5H10O.C3H6O2.C2H6.CH3NO.CH4O/c1-4-8-17(12-13-19)10-11-18(9-5-2)16(14-20)7-6-15(3)21;1-4-6-7-8-9(3)5-2;1-3-5(6)4-2;1-2-3(4)5;1-2;1-2-3;1-2/h13-14,16H,4-12H2,1-3H3;9H,4-8H2,1-3H3;3-4H2,1-2H3;2H2,1H3,(H,4,5);1-2H3;1H3;2H,1H3/t;9-;;;;;/m.1...../s1. The molecule has 0 aromatic carbocycles. The van der Waals surface area contributed by atoms with Crippen LogP contribution in [-0.4, -0.2) is 103 Å². The lowest BCUT2D eigenvalue weighted by molar-refractivity contribution is -0.136. The van der Waals surface area contributed by atoms with Gasteiger partial charge < -0.3 is 24.6 Å². The lowest BCUT2D eigenvalue weighted by Gasteiger charge is -2.30. The summed E-state index contributed by atoms with van der Waals surface area (Å²) in [6.45, 7) is 25.6. The van der Waals surface area contributed by atoms with Crippen LogP contribution in [0.25, 0.3) is 0 Å². The zero-order valence-electron chi connectivity index (χ0n) is 33.5. The molecule has 0 bridgehead atoms. The lowest BCUT2D eigenvalue weighted by atomic mass is 10.0. The van der Waals surface area contributed by atoms with Gasteiger partial charge in [-0.15, -0.1) is 0 Å². The maximum Gasteiger partial charge on any atom is 0.303 e. The lowest BCUT2D eigenvalue weighted by Crippen LogP contribution is -2.43. The highest BCUT2D eigenvalue weighted by molar-refractivity contribution is 5.77. The number of unbranched alkanes of at least 4 members (excludes halogenated alkanes) is 2. The molecule has 48 heavy (non-hydrogen) atoms. The number of Topliss-reactive ketones (excluding diaryl/α,β-unsaturated/α-hetero) is 2. The normalized spacial score (nSPS) is 10.4. The van der Waals surface area contributed by atoms with Gasteiger partial charge in [0.15, 0.2) is 0 Å². The van der Waals surface area contributed by atoms with Gasteiger partial charge in [0, 0.05) is 45.9 Å². The van der Waals surface area contributed by atoms with Crippen LogP contribution in [0.5, 0.6) is 0 Å². The number of carboxylic acid groups (broad SMARTS) is 1. The summed E-state index contributed by atoms with van der Waals surface area (Å²) in [5.74, 6) is 0.670. The molecule has 0 aliphatic heterocycles. The van der Waals surface area contributed by atoms with E-state index in [1.165, 1.54) is 39.2 Å². The van der Waals surface area contributed by atoms with Gasteiger partial charge >= 0.3 is 5.97 Å². The van der Waals surface area contributed by atoms with Gasteiger partial charge in [0.2, 0.25) is 0 Å². The van der Waals surface area contributed by atoms with Crippen molar-refractivity contribution in [1.82, 2.24) is 9.80 Å². The van der Waals surface area contributed by atoms with E-state index in [0.717, 1.165) is 64.6 Å². The summed E-state index contributed by atoms with van der Waals surface area (Å²) in [7, 11) is 2.19. The van der Waals surface area contributed by atoms with Crippen LogP contribution in [0, 0.1) is 10.8 Å². The Hall–Kier alpha value is -2.37. The van der Waals surface area contributed by atoms with Gasteiger partial charge in [-0.25, -0.2) is 0 Å². The Morgan fingerprint density at radius 1 is 0.771 bits per heavy atom. The molecule has 0 aromatic heterocycles. The van der Waals surface area contributed by atoms with Gasteiger partial charge in [-0.05, 0) is 45.2 Å². The van der Waals surface area contributed by atoms with Crippen molar-refractivity contribution < 1.29 is 34.2 Å². The van der Waals surface area contributed by atoms with Crippen molar-refractivity contribution in [2.24, 2.45) is 11.1 Å². The monoisotopic (exact) mass is 694 g/mol. The minimum absolute atomic E-state index is 0.117. The molecule has 2 N–H and O–H groups in total. The van der Waals surface area contributed by atoms with Crippen LogP contribution >= 0.6 is 0 Å². The molecule has 290 valence electrons. The van der Waals surface area contributed by atoms with Crippen molar-refractivity contribution >= 4 is 30.1 Å². The number of hydrogen-bond acceptors (Lipinski definition) is 10. The zero-order valence-corrected chi connectivity index (χ0v) is 33.5. The van der Waals surface area contributed by atoms with Crippen molar-refractivity contribution in [2.75, 3.05) is 46.9 Å². The Bertz CT molecular complexity index is 673. The number of aliphatic hydroxyl groups is 1. The molecule has 0 rings (SSSR count). The van der Waals surface area contributed by atoms with E-state index in [4.69, 9.17) is 15.1 Å². The summed E-state index contributed by atoms with van der Waals surface area (Å²) in [6, 6.07) is -0.200. The molecule has 0 radical (unpaired) electrons. The number of rotatable bonds is 22. The smallest absolute Gasteiger partial charge is 0.303 e. The third kappa shape index (κ3) is 62.5. The number of carbonyl (C=O) groups excluding carboxylic acids is 4. The summed E-state index contributed by atoms with van der Waals surface area (Å²) in [6.07, 6.45) is 13.5. The van der Waals surface area contributed by atoms with Gasteiger partial charge in [0.25, 0.3) is 0 Å². The molecule has 0 amide bonds. The average molecular weight is 694 g/mol. The number of aliphatic hydroxyl groups excluding tert-OH is 1. The van der Waals surface area contributed by atoms with E-state index in [0.29, 0.717) is 38.0 Å². The van der Waals surface area contributed by atoms with Crippen LogP contribution < -0.4 is 0 Å². The van der Waals surface area contributed by atoms with Gasteiger partial charge in [0.05, 0.1) is 19.6 Å². The molecule has 1 unspecified atom stereocenters. The van der Waals surface area contributed by atoms with E-state index < -0.39 is 5.97 Å². The molecule has 0 heterocycles. The highest BCUT2D eigenvalue weighted by Crippen LogP contribution is 2.11. The summed E-state index contributed by atoms with van der Waals surface area (Å²) in [5, 5.41) is 17.0. The van der Waals surface area contributed by atoms with E-state index in [1.807, 2.05) is 27.7 Å². The van der Waals surface area contributed by atoms with Crippen molar-refractivity contribution in [2.45, 2.75) is 159 Å². The number of carbonyl (C=O) groups is 5. The van der Waals surface area contributed by atoms with Crippen molar-refractivity contribution in [1.29, 1.82) is 0 Å².